The van der Waals surface area contributed by atoms with Crippen LogP contribution in [0.3, 0.4) is 0 Å². The lowest BCUT2D eigenvalue weighted by molar-refractivity contribution is -0.154. The second-order valence-electron chi connectivity index (χ2n) is 7.55. The first kappa shape index (κ1) is 18.2. The highest BCUT2D eigenvalue weighted by Crippen LogP contribution is 2.32. The number of hydrogen-bond donors (Lipinski definition) is 1. The molecule has 1 atom stereocenters. The van der Waals surface area contributed by atoms with Crippen molar-refractivity contribution in [3.8, 4) is 0 Å². The zero-order chi connectivity index (χ0) is 17.8. The maximum absolute atomic E-state index is 12.7. The summed E-state index contributed by atoms with van der Waals surface area (Å²) in [6.45, 7) is 4.45. The van der Waals surface area contributed by atoms with Gasteiger partial charge >= 0.3 is 5.97 Å². The third kappa shape index (κ3) is 4.32. The highest BCUT2D eigenvalue weighted by molar-refractivity contribution is 5.97. The average molecular weight is 351 g/mol. The van der Waals surface area contributed by atoms with Crippen molar-refractivity contribution in [3.63, 3.8) is 0 Å². The molecule has 7 heteroatoms. The van der Waals surface area contributed by atoms with Crippen molar-refractivity contribution in [2.75, 3.05) is 45.8 Å². The molecule has 1 N–H and O–H groups in total. The topological polar surface area (TPSA) is 81.2 Å². The van der Waals surface area contributed by atoms with Crippen molar-refractivity contribution in [1.29, 1.82) is 0 Å². The summed E-state index contributed by atoms with van der Waals surface area (Å²) in [6, 6.07) is 0. The molecule has 0 bridgehead atoms. The lowest BCUT2D eigenvalue weighted by atomic mass is 9.89. The molecule has 1 aliphatic carbocycles. The molecular weight excluding hydrogens is 322 g/mol. The minimum Gasteiger partial charge on any atom is -0.481 e. The van der Waals surface area contributed by atoms with Crippen molar-refractivity contribution >= 4 is 17.8 Å². The van der Waals surface area contributed by atoms with Crippen LogP contribution in [-0.2, 0) is 14.4 Å². The normalized spacial score (nSPS) is 23.8. The summed E-state index contributed by atoms with van der Waals surface area (Å²) < 4.78 is 0. The molecule has 3 fully saturated rings. The van der Waals surface area contributed by atoms with E-state index in [0.29, 0.717) is 32.7 Å². The molecule has 0 aromatic carbocycles. The number of likely N-dealkylation sites (tertiary alicyclic amines) is 1. The zero-order valence-electron chi connectivity index (χ0n) is 14.9. The van der Waals surface area contributed by atoms with Gasteiger partial charge in [-0.05, 0) is 31.6 Å². The van der Waals surface area contributed by atoms with Crippen LogP contribution in [-0.4, -0.2) is 83.4 Å². The fraction of sp³-hybridized carbons (Fsp3) is 0.833. The van der Waals surface area contributed by atoms with Gasteiger partial charge in [0.15, 0.2) is 0 Å². The first-order chi connectivity index (χ1) is 12.1. The Kier molecular flexibility index (Phi) is 5.93. The Balaban J connectivity index is 1.49. The Morgan fingerprint density at radius 3 is 2.00 bits per heavy atom. The summed E-state index contributed by atoms with van der Waals surface area (Å²) in [5.74, 6) is -1.94. The zero-order valence-corrected chi connectivity index (χ0v) is 14.9. The second-order valence-corrected chi connectivity index (χ2v) is 7.55. The Labute approximate surface area is 148 Å². The second kappa shape index (κ2) is 8.17. The van der Waals surface area contributed by atoms with Gasteiger partial charge in [-0.3, -0.25) is 19.3 Å². The SMILES string of the molecule is O=C(O)C(C(=O)N1CCN(CC(=O)N2CCCC2)CC1)C1CCCC1. The summed E-state index contributed by atoms with van der Waals surface area (Å²) >= 11 is 0. The molecule has 0 aromatic heterocycles. The standard InChI is InChI=1S/C18H29N3O4/c22-15(20-7-3-4-8-20)13-19-9-11-21(12-10-19)17(23)16(18(24)25)14-5-1-2-6-14/h14,16H,1-13H2,(H,24,25). The number of nitrogens with zero attached hydrogens (tertiary/aromatic N) is 3. The van der Waals surface area contributed by atoms with Crippen molar-refractivity contribution in [1.82, 2.24) is 14.7 Å². The number of rotatable bonds is 5. The molecule has 0 aromatic rings. The predicted octanol–water partition coefficient (Wildman–Crippen LogP) is 0.644. The number of carbonyl (C=O) groups is 3. The molecule has 3 rings (SSSR count). The predicted molar refractivity (Wildman–Crippen MR) is 91.9 cm³/mol. The Hall–Kier alpha value is -1.63. The number of aliphatic carboxylic acids is 1. The van der Waals surface area contributed by atoms with Crippen LogP contribution in [0.2, 0.25) is 0 Å². The molecule has 7 nitrogen and oxygen atoms in total. The van der Waals surface area contributed by atoms with E-state index in [9.17, 15) is 19.5 Å². The maximum Gasteiger partial charge on any atom is 0.316 e. The number of carboxylic acid groups (broad SMARTS) is 1. The van der Waals surface area contributed by atoms with Gasteiger partial charge in [0.05, 0.1) is 6.54 Å². The minimum atomic E-state index is -0.983. The van der Waals surface area contributed by atoms with Gasteiger partial charge < -0.3 is 14.9 Å². The van der Waals surface area contributed by atoms with E-state index in [1.807, 2.05) is 4.90 Å². The lowest BCUT2D eigenvalue weighted by Crippen LogP contribution is -2.53. The van der Waals surface area contributed by atoms with Crippen molar-refractivity contribution < 1.29 is 19.5 Å². The minimum absolute atomic E-state index is 0.0141. The van der Waals surface area contributed by atoms with Gasteiger partial charge in [-0.15, -0.1) is 0 Å². The summed E-state index contributed by atoms with van der Waals surface area (Å²) in [6.07, 6.45) is 5.90. The molecule has 2 saturated heterocycles. The largest absolute Gasteiger partial charge is 0.481 e. The van der Waals surface area contributed by atoms with Crippen LogP contribution in [0.1, 0.15) is 38.5 Å². The highest BCUT2D eigenvalue weighted by atomic mass is 16.4. The highest BCUT2D eigenvalue weighted by Gasteiger charge is 2.39. The summed E-state index contributed by atoms with van der Waals surface area (Å²) in [5.41, 5.74) is 0. The van der Waals surface area contributed by atoms with Crippen LogP contribution in [0.15, 0.2) is 0 Å². The number of carboxylic acids is 1. The summed E-state index contributed by atoms with van der Waals surface area (Å²) in [4.78, 5) is 42.2. The van der Waals surface area contributed by atoms with Gasteiger partial charge in [-0.2, -0.15) is 0 Å². The molecule has 0 spiro atoms. The van der Waals surface area contributed by atoms with Crippen molar-refractivity contribution in [3.05, 3.63) is 0 Å². The number of piperazine rings is 1. The van der Waals surface area contributed by atoms with Gasteiger partial charge in [-0.1, -0.05) is 12.8 Å². The molecule has 2 heterocycles. The van der Waals surface area contributed by atoms with E-state index in [-0.39, 0.29) is 17.7 Å². The molecule has 1 saturated carbocycles. The Morgan fingerprint density at radius 2 is 1.44 bits per heavy atom. The number of amides is 2. The lowest BCUT2D eigenvalue weighted by Gasteiger charge is -2.36. The van der Waals surface area contributed by atoms with Crippen LogP contribution in [0.4, 0.5) is 0 Å². The van der Waals surface area contributed by atoms with E-state index in [1.165, 1.54) is 0 Å². The van der Waals surface area contributed by atoms with Crippen LogP contribution in [0, 0.1) is 11.8 Å². The molecule has 3 aliphatic rings. The number of carbonyl (C=O) groups excluding carboxylic acids is 2. The maximum atomic E-state index is 12.7. The Bertz CT molecular complexity index is 504. The molecule has 0 radical (unpaired) electrons. The van der Waals surface area contributed by atoms with Crippen LogP contribution < -0.4 is 0 Å². The van der Waals surface area contributed by atoms with Crippen molar-refractivity contribution in [2.24, 2.45) is 11.8 Å². The first-order valence-electron chi connectivity index (χ1n) is 9.58. The van der Waals surface area contributed by atoms with Crippen LogP contribution in [0.25, 0.3) is 0 Å². The van der Waals surface area contributed by atoms with Gasteiger partial charge in [0, 0.05) is 39.3 Å². The monoisotopic (exact) mass is 351 g/mol. The Morgan fingerprint density at radius 1 is 0.840 bits per heavy atom. The van der Waals surface area contributed by atoms with Gasteiger partial charge in [0.25, 0.3) is 0 Å². The molecule has 140 valence electrons. The molecule has 25 heavy (non-hydrogen) atoms. The van der Waals surface area contributed by atoms with Gasteiger partial charge in [0.2, 0.25) is 11.8 Å². The van der Waals surface area contributed by atoms with Crippen LogP contribution in [0.5, 0.6) is 0 Å². The fourth-order valence-corrected chi connectivity index (χ4v) is 4.38. The van der Waals surface area contributed by atoms with E-state index >= 15 is 0 Å². The quantitative estimate of drug-likeness (QED) is 0.736. The van der Waals surface area contributed by atoms with E-state index in [0.717, 1.165) is 51.6 Å². The average Bonchev–Trinajstić information content (AvgIpc) is 3.29. The van der Waals surface area contributed by atoms with E-state index in [1.54, 1.807) is 4.90 Å². The van der Waals surface area contributed by atoms with Gasteiger partial charge in [0.1, 0.15) is 5.92 Å². The molecule has 2 amide bonds. The van der Waals surface area contributed by atoms with E-state index in [2.05, 4.69) is 4.90 Å². The summed E-state index contributed by atoms with van der Waals surface area (Å²) in [7, 11) is 0. The van der Waals surface area contributed by atoms with Crippen molar-refractivity contribution in [2.45, 2.75) is 38.5 Å². The van der Waals surface area contributed by atoms with E-state index < -0.39 is 11.9 Å². The first-order valence-corrected chi connectivity index (χ1v) is 9.58. The molecule has 1 unspecified atom stereocenters. The third-order valence-electron chi connectivity index (χ3n) is 5.90. The fourth-order valence-electron chi connectivity index (χ4n) is 4.38. The van der Waals surface area contributed by atoms with Gasteiger partial charge in [-0.25, -0.2) is 0 Å². The third-order valence-corrected chi connectivity index (χ3v) is 5.90. The van der Waals surface area contributed by atoms with E-state index in [4.69, 9.17) is 0 Å². The summed E-state index contributed by atoms with van der Waals surface area (Å²) in [5, 5.41) is 9.52. The molecular formula is C18H29N3O4. The van der Waals surface area contributed by atoms with Crippen LogP contribution >= 0.6 is 0 Å². The smallest absolute Gasteiger partial charge is 0.316 e. The molecule has 2 aliphatic heterocycles. The number of hydrogen-bond acceptors (Lipinski definition) is 4.